The molecule has 17 heavy (non-hydrogen) atoms. The average Bonchev–Trinajstić information content (AvgIpc) is 2.22. The molecular formula is C12H16F4O. The lowest BCUT2D eigenvalue weighted by atomic mass is 10.2. The fraction of sp³-hybridized carbons (Fsp3) is 0.500. The molecule has 98 valence electrons. The number of hydrogen-bond donors (Lipinski definition) is 0. The summed E-state index contributed by atoms with van der Waals surface area (Å²) in [5, 5.41) is 0. The maximum absolute atomic E-state index is 13.4. The van der Waals surface area contributed by atoms with E-state index in [0.29, 0.717) is 12.8 Å². The molecule has 0 aliphatic rings. The van der Waals surface area contributed by atoms with Gasteiger partial charge in [0.25, 0.3) is 0 Å². The Morgan fingerprint density at radius 2 is 2.00 bits per heavy atom. The van der Waals surface area contributed by atoms with Crippen LogP contribution in [0.3, 0.4) is 0 Å². The Balaban J connectivity index is 4.62. The largest absolute Gasteiger partial charge is 0.481 e. The van der Waals surface area contributed by atoms with Crippen molar-refractivity contribution in [2.75, 3.05) is 6.61 Å². The molecule has 0 radical (unpaired) electrons. The van der Waals surface area contributed by atoms with Crippen LogP contribution in [0.5, 0.6) is 0 Å². The van der Waals surface area contributed by atoms with E-state index in [4.69, 9.17) is 0 Å². The number of hydrogen-bond acceptors (Lipinski definition) is 1. The number of ether oxygens (including phenoxy) is 1. The number of rotatable bonds is 7. The summed E-state index contributed by atoms with van der Waals surface area (Å²) in [5.41, 5.74) is 0. The Labute approximate surface area is 98.5 Å². The second kappa shape index (κ2) is 7.92. The molecule has 0 heterocycles. The van der Waals surface area contributed by atoms with Crippen LogP contribution in [0, 0.1) is 0 Å². The monoisotopic (exact) mass is 252 g/mol. The molecule has 0 aromatic heterocycles. The summed E-state index contributed by atoms with van der Waals surface area (Å²) < 4.78 is 53.6. The summed E-state index contributed by atoms with van der Waals surface area (Å²) in [4.78, 5) is 0. The normalized spacial score (nSPS) is 13.7. The van der Waals surface area contributed by atoms with E-state index in [2.05, 4.69) is 11.3 Å². The highest BCUT2D eigenvalue weighted by atomic mass is 19.4. The Hall–Kier alpha value is -1.26. The zero-order valence-electron chi connectivity index (χ0n) is 9.69. The number of halogens is 4. The van der Waals surface area contributed by atoms with E-state index in [0.717, 1.165) is 0 Å². The van der Waals surface area contributed by atoms with Gasteiger partial charge in [0.15, 0.2) is 12.4 Å². The van der Waals surface area contributed by atoms with Crippen molar-refractivity contribution in [2.24, 2.45) is 0 Å². The Bertz CT molecular complexity index is 289. The van der Waals surface area contributed by atoms with Gasteiger partial charge in [0.05, 0.1) is 0 Å². The van der Waals surface area contributed by atoms with Crippen LogP contribution in [0.25, 0.3) is 0 Å². The zero-order chi connectivity index (χ0) is 13.3. The fourth-order valence-electron chi connectivity index (χ4n) is 0.990. The van der Waals surface area contributed by atoms with E-state index in [-0.39, 0.29) is 12.2 Å². The summed E-state index contributed by atoms with van der Waals surface area (Å²) >= 11 is 0. The average molecular weight is 252 g/mol. The van der Waals surface area contributed by atoms with Crippen LogP contribution in [0.4, 0.5) is 17.6 Å². The third kappa shape index (κ3) is 8.54. The first kappa shape index (κ1) is 15.7. The van der Waals surface area contributed by atoms with E-state index in [1.807, 2.05) is 0 Å². The van der Waals surface area contributed by atoms with Crippen LogP contribution in [0.1, 0.15) is 26.2 Å². The van der Waals surface area contributed by atoms with Crippen LogP contribution in [0.2, 0.25) is 0 Å². The predicted octanol–water partition coefficient (Wildman–Crippen LogP) is 4.68. The molecule has 0 aromatic rings. The van der Waals surface area contributed by atoms with Crippen molar-refractivity contribution >= 4 is 0 Å². The summed E-state index contributed by atoms with van der Waals surface area (Å²) in [6.45, 7) is 3.68. The first-order valence-electron chi connectivity index (χ1n) is 5.26. The predicted molar refractivity (Wildman–Crippen MR) is 59.0 cm³/mol. The van der Waals surface area contributed by atoms with Gasteiger partial charge in [-0.2, -0.15) is 13.2 Å². The molecule has 0 aliphatic carbocycles. The Morgan fingerprint density at radius 1 is 1.35 bits per heavy atom. The van der Waals surface area contributed by atoms with Gasteiger partial charge in [-0.15, -0.1) is 6.58 Å². The van der Waals surface area contributed by atoms with E-state index in [1.165, 1.54) is 12.2 Å². The van der Waals surface area contributed by atoms with E-state index >= 15 is 0 Å². The summed E-state index contributed by atoms with van der Waals surface area (Å²) in [6, 6.07) is 0. The molecule has 0 spiro atoms. The topological polar surface area (TPSA) is 9.23 Å². The van der Waals surface area contributed by atoms with Crippen molar-refractivity contribution in [1.82, 2.24) is 0 Å². The van der Waals surface area contributed by atoms with Crippen LogP contribution in [0.15, 0.2) is 36.4 Å². The lowest BCUT2D eigenvalue weighted by Crippen LogP contribution is -2.16. The van der Waals surface area contributed by atoms with Crippen molar-refractivity contribution in [3.63, 3.8) is 0 Å². The lowest BCUT2D eigenvalue weighted by molar-refractivity contribution is -0.164. The maximum Gasteiger partial charge on any atom is 0.422 e. The third-order valence-electron chi connectivity index (χ3n) is 1.70. The maximum atomic E-state index is 13.4. The van der Waals surface area contributed by atoms with Crippen molar-refractivity contribution in [2.45, 2.75) is 32.4 Å². The molecule has 0 aliphatic heterocycles. The second-order valence-electron chi connectivity index (χ2n) is 3.35. The van der Waals surface area contributed by atoms with Gasteiger partial charge >= 0.3 is 6.18 Å². The van der Waals surface area contributed by atoms with Crippen molar-refractivity contribution < 1.29 is 22.3 Å². The molecule has 0 amide bonds. The minimum absolute atomic E-state index is 0.0611. The quantitative estimate of drug-likeness (QED) is 0.277. The molecular weight excluding hydrogens is 236 g/mol. The molecule has 0 rings (SSSR count). The molecule has 5 heteroatoms. The van der Waals surface area contributed by atoms with Gasteiger partial charge in [-0.25, -0.2) is 4.39 Å². The van der Waals surface area contributed by atoms with Crippen molar-refractivity contribution in [3.8, 4) is 0 Å². The van der Waals surface area contributed by atoms with Crippen molar-refractivity contribution in [3.05, 3.63) is 36.4 Å². The summed E-state index contributed by atoms with van der Waals surface area (Å²) in [6.07, 6.45) is 0.788. The van der Waals surface area contributed by atoms with E-state index < -0.39 is 18.6 Å². The van der Waals surface area contributed by atoms with Crippen LogP contribution >= 0.6 is 0 Å². The molecule has 0 saturated carbocycles. The minimum atomic E-state index is -4.47. The zero-order valence-corrected chi connectivity index (χ0v) is 9.69. The smallest absolute Gasteiger partial charge is 0.422 e. The van der Waals surface area contributed by atoms with Gasteiger partial charge in [-0.3, -0.25) is 0 Å². The molecule has 0 unspecified atom stereocenters. The second-order valence-corrected chi connectivity index (χ2v) is 3.35. The van der Waals surface area contributed by atoms with Crippen molar-refractivity contribution in [1.29, 1.82) is 0 Å². The van der Waals surface area contributed by atoms with Gasteiger partial charge in [-0.05, 0) is 18.9 Å². The van der Waals surface area contributed by atoms with Gasteiger partial charge in [0.1, 0.15) is 5.83 Å². The van der Waals surface area contributed by atoms with Gasteiger partial charge in [0.2, 0.25) is 0 Å². The number of allylic oxidation sites excluding steroid dienone is 4. The van der Waals surface area contributed by atoms with Crippen LogP contribution < -0.4 is 0 Å². The molecule has 0 saturated heterocycles. The fourth-order valence-corrected chi connectivity index (χ4v) is 0.990. The molecule has 0 N–H and O–H groups in total. The Kier molecular flexibility index (Phi) is 7.34. The SMILES string of the molecule is C=CC/C=C\C(OCC(F)(F)F)=C(\F)CCC. The lowest BCUT2D eigenvalue weighted by Gasteiger charge is -2.10. The van der Waals surface area contributed by atoms with Gasteiger partial charge in [-0.1, -0.05) is 19.1 Å². The first-order valence-corrected chi connectivity index (χ1v) is 5.26. The van der Waals surface area contributed by atoms with E-state index in [1.54, 1.807) is 13.0 Å². The van der Waals surface area contributed by atoms with Gasteiger partial charge < -0.3 is 4.74 Å². The molecule has 0 fully saturated rings. The highest BCUT2D eigenvalue weighted by molar-refractivity contribution is 5.16. The summed E-state index contributed by atoms with van der Waals surface area (Å²) in [5.74, 6) is -1.02. The number of alkyl halides is 3. The molecule has 0 bridgehead atoms. The highest BCUT2D eigenvalue weighted by Gasteiger charge is 2.29. The van der Waals surface area contributed by atoms with Gasteiger partial charge in [0, 0.05) is 6.42 Å². The minimum Gasteiger partial charge on any atom is -0.481 e. The van der Waals surface area contributed by atoms with E-state index in [9.17, 15) is 17.6 Å². The summed E-state index contributed by atoms with van der Waals surface area (Å²) in [7, 11) is 0. The van der Waals surface area contributed by atoms with Crippen LogP contribution in [-0.4, -0.2) is 12.8 Å². The standard InChI is InChI=1S/C12H16F4O/c1-3-5-6-8-11(10(13)7-4-2)17-9-12(14,15)16/h3,6,8H,1,4-5,7,9H2,2H3/b8-6-,11-10-. The molecule has 0 aromatic carbocycles. The van der Waals surface area contributed by atoms with Crippen LogP contribution in [-0.2, 0) is 4.74 Å². The Morgan fingerprint density at radius 3 is 2.47 bits per heavy atom. The first-order chi connectivity index (χ1) is 7.90. The highest BCUT2D eigenvalue weighted by Crippen LogP contribution is 2.21. The molecule has 0 atom stereocenters. The third-order valence-corrected chi connectivity index (χ3v) is 1.70. The molecule has 1 nitrogen and oxygen atoms in total.